The predicted octanol–water partition coefficient (Wildman–Crippen LogP) is 7.20. The number of hydrogen-bond donors (Lipinski definition) is 1. The van der Waals surface area contributed by atoms with E-state index in [2.05, 4.69) is 35.0 Å². The van der Waals surface area contributed by atoms with E-state index in [1.54, 1.807) is 14.2 Å². The summed E-state index contributed by atoms with van der Waals surface area (Å²) in [6.07, 6.45) is 5.16. The number of fused-ring (bicyclic) bond motifs is 3. The van der Waals surface area contributed by atoms with E-state index in [1.165, 1.54) is 0 Å². The van der Waals surface area contributed by atoms with Crippen LogP contribution in [0.3, 0.4) is 0 Å². The second-order valence-corrected chi connectivity index (χ2v) is 13.6. The standard InChI is InChI=1S/C35H45N5O4/c1-7-8-13-29-38-30-31(40(29)20-23-17-35(18-23)21-39(22-35)33(41)44-34(2,3)4)26-11-9-10-12-27(26)37-32(30)36-19-24-14-15-25(42-5)16-28(24)43-6/h9-12,14-16,23H,7-8,13,17-22H2,1-6H3,(H,36,37). The molecule has 234 valence electrons. The minimum Gasteiger partial charge on any atom is -0.497 e. The average molecular weight is 600 g/mol. The molecule has 44 heavy (non-hydrogen) atoms. The second kappa shape index (κ2) is 11.8. The summed E-state index contributed by atoms with van der Waals surface area (Å²) >= 11 is 0. The van der Waals surface area contributed by atoms with Crippen LogP contribution in [0.15, 0.2) is 42.5 Å². The molecule has 2 fully saturated rings. The molecule has 0 bridgehead atoms. The molecule has 2 aromatic heterocycles. The Hall–Kier alpha value is -4.01. The molecule has 0 atom stereocenters. The lowest BCUT2D eigenvalue weighted by Crippen LogP contribution is -2.64. The van der Waals surface area contributed by atoms with Crippen molar-refractivity contribution < 1.29 is 19.0 Å². The van der Waals surface area contributed by atoms with Gasteiger partial charge in [0, 0.05) is 55.0 Å². The highest BCUT2D eigenvalue weighted by atomic mass is 16.6. The van der Waals surface area contributed by atoms with Gasteiger partial charge in [-0.15, -0.1) is 0 Å². The number of unbranched alkanes of at least 4 members (excludes halogenated alkanes) is 1. The molecule has 6 rings (SSSR count). The summed E-state index contributed by atoms with van der Waals surface area (Å²) in [5.41, 5.74) is 3.79. The van der Waals surface area contributed by atoms with Crippen LogP contribution in [0.5, 0.6) is 11.5 Å². The van der Waals surface area contributed by atoms with Gasteiger partial charge in [-0.05, 0) is 64.2 Å². The van der Waals surface area contributed by atoms with Crippen molar-refractivity contribution in [2.24, 2.45) is 11.3 Å². The van der Waals surface area contributed by atoms with E-state index >= 15 is 0 Å². The number of hydrogen-bond acceptors (Lipinski definition) is 7. The summed E-state index contributed by atoms with van der Waals surface area (Å²) in [7, 11) is 3.33. The molecule has 9 heteroatoms. The molecule has 4 aromatic rings. The molecule has 1 aliphatic heterocycles. The molecule has 1 spiro atoms. The molecule has 0 radical (unpaired) electrons. The third kappa shape index (κ3) is 5.88. The fraction of sp³-hybridized carbons (Fsp3) is 0.514. The van der Waals surface area contributed by atoms with Crippen LogP contribution >= 0.6 is 0 Å². The lowest BCUT2D eigenvalue weighted by Gasteiger charge is -2.58. The van der Waals surface area contributed by atoms with Crippen molar-refractivity contribution in [2.45, 2.75) is 78.5 Å². The van der Waals surface area contributed by atoms with Crippen molar-refractivity contribution >= 4 is 33.8 Å². The van der Waals surface area contributed by atoms with Crippen LogP contribution in [0.25, 0.3) is 21.9 Å². The second-order valence-electron chi connectivity index (χ2n) is 13.6. The van der Waals surface area contributed by atoms with Gasteiger partial charge in [0.15, 0.2) is 5.82 Å². The van der Waals surface area contributed by atoms with Gasteiger partial charge in [-0.2, -0.15) is 0 Å². The Morgan fingerprint density at radius 1 is 1.07 bits per heavy atom. The summed E-state index contributed by atoms with van der Waals surface area (Å²) in [5.74, 6) is 3.97. The zero-order valence-electron chi connectivity index (χ0n) is 26.9. The topological polar surface area (TPSA) is 90.7 Å². The molecular weight excluding hydrogens is 554 g/mol. The SMILES string of the molecule is CCCCc1nc2c(NCc3ccc(OC)cc3OC)nc3ccccc3c2n1CC1CC2(C1)CN(C(=O)OC(C)(C)C)C2. The molecule has 1 saturated carbocycles. The molecule has 2 aliphatic rings. The number of imidazole rings is 1. The third-order valence-electron chi connectivity index (χ3n) is 8.95. The number of carbonyl (C=O) groups excluding carboxylic acids is 1. The monoisotopic (exact) mass is 599 g/mol. The first kappa shape index (κ1) is 30.0. The number of amides is 1. The van der Waals surface area contributed by atoms with E-state index in [-0.39, 0.29) is 11.5 Å². The first-order valence-electron chi connectivity index (χ1n) is 15.8. The van der Waals surface area contributed by atoms with Crippen LogP contribution in [-0.2, 0) is 24.2 Å². The Morgan fingerprint density at radius 3 is 2.55 bits per heavy atom. The van der Waals surface area contributed by atoms with Crippen molar-refractivity contribution in [3.05, 3.63) is 53.9 Å². The summed E-state index contributed by atoms with van der Waals surface area (Å²) in [4.78, 5) is 24.7. The fourth-order valence-corrected chi connectivity index (χ4v) is 6.93. The molecule has 3 heterocycles. The zero-order valence-corrected chi connectivity index (χ0v) is 26.9. The van der Waals surface area contributed by atoms with Crippen molar-refractivity contribution in [1.82, 2.24) is 19.4 Å². The Bertz CT molecular complexity index is 1660. The van der Waals surface area contributed by atoms with E-state index in [1.807, 2.05) is 49.9 Å². The fourth-order valence-electron chi connectivity index (χ4n) is 6.93. The van der Waals surface area contributed by atoms with Crippen LogP contribution in [-0.4, -0.2) is 58.4 Å². The molecule has 1 aliphatic carbocycles. The van der Waals surface area contributed by atoms with Crippen molar-refractivity contribution in [3.63, 3.8) is 0 Å². The highest BCUT2D eigenvalue weighted by Gasteiger charge is 2.54. The van der Waals surface area contributed by atoms with Crippen LogP contribution in [0.4, 0.5) is 10.6 Å². The predicted molar refractivity (Wildman–Crippen MR) is 173 cm³/mol. The molecule has 9 nitrogen and oxygen atoms in total. The minimum atomic E-state index is -0.467. The normalized spacial score (nSPS) is 16.2. The highest BCUT2D eigenvalue weighted by Crippen LogP contribution is 2.53. The number of carbonyl (C=O) groups is 1. The molecule has 0 unspecified atom stereocenters. The molecular formula is C35H45N5O4. The highest BCUT2D eigenvalue weighted by molar-refractivity contribution is 6.07. The summed E-state index contributed by atoms with van der Waals surface area (Å²) in [6, 6.07) is 14.2. The molecule has 1 amide bonds. The van der Waals surface area contributed by atoms with Gasteiger partial charge in [0.1, 0.15) is 28.4 Å². The van der Waals surface area contributed by atoms with Crippen molar-refractivity contribution in [1.29, 1.82) is 0 Å². The van der Waals surface area contributed by atoms with Crippen molar-refractivity contribution in [3.8, 4) is 11.5 Å². The Labute approximate surface area is 259 Å². The van der Waals surface area contributed by atoms with Gasteiger partial charge < -0.3 is 29.0 Å². The number of ether oxygens (including phenoxy) is 3. The van der Waals surface area contributed by atoms with Crippen LogP contribution in [0, 0.1) is 11.3 Å². The van der Waals surface area contributed by atoms with Gasteiger partial charge in [-0.1, -0.05) is 31.5 Å². The van der Waals surface area contributed by atoms with Gasteiger partial charge in [-0.3, -0.25) is 0 Å². The van der Waals surface area contributed by atoms with E-state index in [4.69, 9.17) is 24.2 Å². The number of nitrogens with one attached hydrogen (secondary N) is 1. The number of aryl methyl sites for hydroxylation is 1. The van der Waals surface area contributed by atoms with E-state index < -0.39 is 5.60 Å². The number of likely N-dealkylation sites (tertiary alicyclic amines) is 1. The number of pyridine rings is 1. The molecule has 2 aromatic carbocycles. The van der Waals surface area contributed by atoms with E-state index in [0.29, 0.717) is 12.5 Å². The Balaban J connectivity index is 1.27. The summed E-state index contributed by atoms with van der Waals surface area (Å²) in [5, 5.41) is 4.72. The third-order valence-corrected chi connectivity index (χ3v) is 8.95. The van der Waals surface area contributed by atoms with Gasteiger partial charge in [0.2, 0.25) is 0 Å². The molecule has 1 saturated heterocycles. The van der Waals surface area contributed by atoms with Gasteiger partial charge in [0.05, 0.1) is 25.3 Å². The largest absolute Gasteiger partial charge is 0.497 e. The smallest absolute Gasteiger partial charge is 0.410 e. The number of methoxy groups -OCH3 is 2. The Morgan fingerprint density at radius 2 is 1.84 bits per heavy atom. The number of aromatic nitrogens is 3. The number of para-hydroxylation sites is 1. The first-order valence-corrected chi connectivity index (χ1v) is 15.8. The van der Waals surface area contributed by atoms with E-state index in [0.717, 1.165) is 102 Å². The number of nitrogens with zero attached hydrogens (tertiary/aromatic N) is 4. The maximum Gasteiger partial charge on any atom is 0.410 e. The minimum absolute atomic E-state index is 0.194. The average Bonchev–Trinajstić information content (AvgIpc) is 3.32. The van der Waals surface area contributed by atoms with Gasteiger partial charge in [0.25, 0.3) is 0 Å². The lowest BCUT2D eigenvalue weighted by molar-refractivity contribution is -0.0980. The van der Waals surface area contributed by atoms with Crippen LogP contribution < -0.4 is 14.8 Å². The van der Waals surface area contributed by atoms with Crippen LogP contribution in [0.1, 0.15) is 64.8 Å². The number of anilines is 1. The maximum absolute atomic E-state index is 12.5. The summed E-state index contributed by atoms with van der Waals surface area (Å²) < 4.78 is 19.1. The van der Waals surface area contributed by atoms with Crippen molar-refractivity contribution in [2.75, 3.05) is 32.6 Å². The lowest BCUT2D eigenvalue weighted by atomic mass is 9.58. The van der Waals surface area contributed by atoms with Gasteiger partial charge >= 0.3 is 6.09 Å². The summed E-state index contributed by atoms with van der Waals surface area (Å²) in [6.45, 7) is 11.0. The number of benzene rings is 2. The molecule has 1 N–H and O–H groups in total. The number of rotatable bonds is 10. The Kier molecular flexibility index (Phi) is 8.07. The quantitative estimate of drug-likeness (QED) is 0.206. The first-order chi connectivity index (χ1) is 21.1. The van der Waals surface area contributed by atoms with E-state index in [9.17, 15) is 4.79 Å². The van der Waals surface area contributed by atoms with Crippen LogP contribution in [0.2, 0.25) is 0 Å². The van der Waals surface area contributed by atoms with Gasteiger partial charge in [-0.25, -0.2) is 14.8 Å². The maximum atomic E-state index is 12.5. The zero-order chi connectivity index (χ0) is 31.1.